The van der Waals surface area contributed by atoms with Gasteiger partial charge in [-0.1, -0.05) is 11.6 Å². The maximum atomic E-state index is 13.3. The number of hydrogen-bond donors (Lipinski definition) is 1. The lowest BCUT2D eigenvalue weighted by Gasteiger charge is -2.35. The third-order valence-corrected chi connectivity index (χ3v) is 5.43. The number of benzene rings is 1. The summed E-state index contributed by atoms with van der Waals surface area (Å²) in [5.41, 5.74) is 0.894. The van der Waals surface area contributed by atoms with Gasteiger partial charge in [0.1, 0.15) is 11.8 Å². The molecule has 0 aromatic heterocycles. The van der Waals surface area contributed by atoms with Crippen LogP contribution < -0.4 is 0 Å². The summed E-state index contributed by atoms with van der Waals surface area (Å²) in [6, 6.07) is 2.17. The number of carbonyl (C=O) groups is 2. The number of phenols is 1. The number of halogens is 3. The van der Waals surface area contributed by atoms with Crippen LogP contribution in [-0.4, -0.2) is 58.3 Å². The van der Waals surface area contributed by atoms with E-state index in [2.05, 4.69) is 0 Å². The van der Waals surface area contributed by atoms with Crippen molar-refractivity contribution in [3.8, 4) is 5.75 Å². The number of alkyl halides is 2. The molecule has 0 spiro atoms. The van der Waals surface area contributed by atoms with E-state index < -0.39 is 12.0 Å². The molecule has 26 heavy (non-hydrogen) atoms. The number of piperidine rings is 1. The summed E-state index contributed by atoms with van der Waals surface area (Å²) in [5, 5.41) is 9.71. The predicted octanol–water partition coefficient (Wildman–Crippen LogP) is 3.22. The van der Waals surface area contributed by atoms with Gasteiger partial charge in [-0.3, -0.25) is 9.59 Å². The Balaban J connectivity index is 1.77. The molecule has 0 aliphatic carbocycles. The highest BCUT2D eigenvalue weighted by atomic mass is 35.5. The Morgan fingerprint density at radius 1 is 1.23 bits per heavy atom. The van der Waals surface area contributed by atoms with E-state index in [1.165, 1.54) is 21.9 Å². The summed E-state index contributed by atoms with van der Waals surface area (Å²) in [5.74, 6) is -3.43. The Bertz CT molecular complexity index is 731. The van der Waals surface area contributed by atoms with Crippen molar-refractivity contribution in [2.24, 2.45) is 0 Å². The molecule has 0 saturated carbocycles. The van der Waals surface area contributed by atoms with Gasteiger partial charge in [-0.2, -0.15) is 0 Å². The number of carbonyl (C=O) groups excluding carboxylic acids is 2. The van der Waals surface area contributed by atoms with Crippen LogP contribution in [-0.2, 0) is 4.79 Å². The minimum absolute atomic E-state index is 0.00836. The standard InChI is InChI=1S/C18H21ClF2N2O3/c1-11-9-15(24)13(19)10-12(11)16(25)23-6-2-3-14(23)17(26)22-7-4-18(20,21)5-8-22/h9-10,14,24H,2-8H2,1H3/t14-/m1/s1. The van der Waals surface area contributed by atoms with Gasteiger partial charge in [-0.05, 0) is 37.5 Å². The Morgan fingerprint density at radius 3 is 2.54 bits per heavy atom. The van der Waals surface area contributed by atoms with Crippen LogP contribution in [0.4, 0.5) is 8.78 Å². The number of amides is 2. The largest absolute Gasteiger partial charge is 0.506 e. The molecular formula is C18H21ClF2N2O3. The lowest BCUT2D eigenvalue weighted by Crippen LogP contribution is -2.51. The number of rotatable bonds is 2. The number of aromatic hydroxyl groups is 1. The van der Waals surface area contributed by atoms with E-state index in [0.29, 0.717) is 30.5 Å². The van der Waals surface area contributed by atoms with Gasteiger partial charge in [0.05, 0.1) is 5.02 Å². The van der Waals surface area contributed by atoms with Gasteiger partial charge in [0.25, 0.3) is 11.8 Å². The average Bonchev–Trinajstić information content (AvgIpc) is 3.06. The zero-order valence-electron chi connectivity index (χ0n) is 14.5. The van der Waals surface area contributed by atoms with E-state index in [0.717, 1.165) is 0 Å². The van der Waals surface area contributed by atoms with Gasteiger partial charge in [0.2, 0.25) is 5.91 Å². The first-order chi connectivity index (χ1) is 12.2. The second-order valence-corrected chi connectivity index (χ2v) is 7.36. The fourth-order valence-electron chi connectivity index (χ4n) is 3.58. The number of phenolic OH excluding ortho intramolecular Hbond substituents is 1. The van der Waals surface area contributed by atoms with Crippen LogP contribution in [0.2, 0.25) is 5.02 Å². The molecule has 2 heterocycles. The molecule has 1 aromatic carbocycles. The van der Waals surface area contributed by atoms with Crippen molar-refractivity contribution in [2.45, 2.75) is 44.6 Å². The summed E-state index contributed by atoms with van der Waals surface area (Å²) in [7, 11) is 0. The van der Waals surface area contributed by atoms with Crippen molar-refractivity contribution in [3.63, 3.8) is 0 Å². The van der Waals surface area contributed by atoms with E-state index in [-0.39, 0.29) is 48.5 Å². The molecule has 1 aromatic rings. The van der Waals surface area contributed by atoms with E-state index in [1.807, 2.05) is 0 Å². The quantitative estimate of drug-likeness (QED) is 0.849. The molecule has 2 aliphatic rings. The lowest BCUT2D eigenvalue weighted by atomic mass is 10.0. The van der Waals surface area contributed by atoms with E-state index in [4.69, 9.17) is 11.6 Å². The van der Waals surface area contributed by atoms with Crippen LogP contribution in [0.25, 0.3) is 0 Å². The predicted molar refractivity (Wildman–Crippen MR) is 92.7 cm³/mol. The average molecular weight is 387 g/mol. The molecule has 3 rings (SSSR count). The van der Waals surface area contributed by atoms with E-state index >= 15 is 0 Å². The zero-order valence-corrected chi connectivity index (χ0v) is 15.2. The van der Waals surface area contributed by atoms with Crippen LogP contribution in [0.15, 0.2) is 12.1 Å². The Labute approximate surface area is 155 Å². The van der Waals surface area contributed by atoms with Crippen molar-refractivity contribution in [3.05, 3.63) is 28.3 Å². The maximum absolute atomic E-state index is 13.3. The third kappa shape index (κ3) is 3.63. The molecule has 2 saturated heterocycles. The van der Waals surface area contributed by atoms with Gasteiger partial charge in [-0.15, -0.1) is 0 Å². The molecule has 1 N–H and O–H groups in total. The second-order valence-electron chi connectivity index (χ2n) is 6.96. The van der Waals surface area contributed by atoms with Gasteiger partial charge in [0, 0.05) is 38.0 Å². The van der Waals surface area contributed by atoms with Crippen LogP contribution in [0.5, 0.6) is 5.75 Å². The third-order valence-electron chi connectivity index (χ3n) is 5.13. The molecule has 142 valence electrons. The molecule has 5 nitrogen and oxygen atoms in total. The molecule has 2 fully saturated rings. The Kier molecular flexibility index (Phi) is 5.10. The molecule has 2 aliphatic heterocycles. The topological polar surface area (TPSA) is 60.9 Å². The number of likely N-dealkylation sites (tertiary alicyclic amines) is 2. The Hall–Kier alpha value is -1.89. The summed E-state index contributed by atoms with van der Waals surface area (Å²) in [6.45, 7) is 2.13. The molecule has 1 atom stereocenters. The molecular weight excluding hydrogens is 366 g/mol. The highest BCUT2D eigenvalue weighted by Crippen LogP contribution is 2.31. The molecule has 8 heteroatoms. The van der Waals surface area contributed by atoms with Crippen molar-refractivity contribution in [1.82, 2.24) is 9.80 Å². The Morgan fingerprint density at radius 2 is 1.88 bits per heavy atom. The van der Waals surface area contributed by atoms with Crippen molar-refractivity contribution in [2.75, 3.05) is 19.6 Å². The molecule has 0 unspecified atom stereocenters. The monoisotopic (exact) mass is 386 g/mol. The highest BCUT2D eigenvalue weighted by molar-refractivity contribution is 6.32. The summed E-state index contributed by atoms with van der Waals surface area (Å²) < 4.78 is 26.6. The molecule has 0 radical (unpaired) electrons. The number of nitrogens with zero attached hydrogens (tertiary/aromatic N) is 2. The minimum Gasteiger partial charge on any atom is -0.506 e. The first-order valence-electron chi connectivity index (χ1n) is 8.66. The first-order valence-corrected chi connectivity index (χ1v) is 9.04. The smallest absolute Gasteiger partial charge is 0.254 e. The normalized spacial score (nSPS) is 22.5. The van der Waals surface area contributed by atoms with Crippen molar-refractivity contribution >= 4 is 23.4 Å². The van der Waals surface area contributed by atoms with Gasteiger partial charge >= 0.3 is 0 Å². The fourth-order valence-corrected chi connectivity index (χ4v) is 3.75. The van der Waals surface area contributed by atoms with E-state index in [1.54, 1.807) is 6.92 Å². The van der Waals surface area contributed by atoms with Crippen LogP contribution in [0.3, 0.4) is 0 Å². The first kappa shape index (κ1) is 18.9. The van der Waals surface area contributed by atoms with E-state index in [9.17, 15) is 23.5 Å². The van der Waals surface area contributed by atoms with Crippen LogP contribution in [0.1, 0.15) is 41.6 Å². The molecule has 0 bridgehead atoms. The van der Waals surface area contributed by atoms with Crippen LogP contribution in [0, 0.1) is 6.92 Å². The second kappa shape index (κ2) is 7.02. The van der Waals surface area contributed by atoms with Crippen molar-refractivity contribution < 1.29 is 23.5 Å². The maximum Gasteiger partial charge on any atom is 0.254 e. The summed E-state index contributed by atoms with van der Waals surface area (Å²) in [4.78, 5) is 28.6. The van der Waals surface area contributed by atoms with Gasteiger partial charge in [-0.25, -0.2) is 8.78 Å². The lowest BCUT2D eigenvalue weighted by molar-refractivity contribution is -0.141. The molecule has 2 amide bonds. The minimum atomic E-state index is -2.72. The van der Waals surface area contributed by atoms with Crippen LogP contribution >= 0.6 is 11.6 Å². The highest BCUT2D eigenvalue weighted by Gasteiger charge is 2.41. The van der Waals surface area contributed by atoms with Gasteiger partial charge < -0.3 is 14.9 Å². The zero-order chi connectivity index (χ0) is 19.1. The van der Waals surface area contributed by atoms with Crippen molar-refractivity contribution in [1.29, 1.82) is 0 Å². The van der Waals surface area contributed by atoms with Gasteiger partial charge in [0.15, 0.2) is 0 Å². The number of aryl methyl sites for hydroxylation is 1. The number of hydrogen-bond acceptors (Lipinski definition) is 3. The fraction of sp³-hybridized carbons (Fsp3) is 0.556. The summed E-state index contributed by atoms with van der Waals surface area (Å²) in [6.07, 6.45) is 0.511. The SMILES string of the molecule is Cc1cc(O)c(Cl)cc1C(=O)N1CCC[C@@H]1C(=O)N1CCC(F)(F)CC1. The summed E-state index contributed by atoms with van der Waals surface area (Å²) >= 11 is 5.92.